The van der Waals surface area contributed by atoms with E-state index in [4.69, 9.17) is 9.47 Å². The number of carbonyl (C=O) groups is 1. The van der Waals surface area contributed by atoms with E-state index in [1.54, 1.807) is 29.1 Å². The van der Waals surface area contributed by atoms with E-state index in [1.807, 2.05) is 6.07 Å². The predicted molar refractivity (Wildman–Crippen MR) is 90.0 cm³/mol. The molecule has 0 saturated carbocycles. The molecule has 8 nitrogen and oxygen atoms in total. The first-order chi connectivity index (χ1) is 12.6. The lowest BCUT2D eigenvalue weighted by Gasteiger charge is -2.27. The Kier molecular flexibility index (Phi) is 4.21. The Morgan fingerprint density at radius 3 is 3.04 bits per heavy atom. The fourth-order valence-electron chi connectivity index (χ4n) is 2.74. The average molecular weight is 357 g/mol. The first kappa shape index (κ1) is 16.4. The van der Waals surface area contributed by atoms with Crippen LogP contribution in [0.3, 0.4) is 0 Å². The van der Waals surface area contributed by atoms with Gasteiger partial charge in [-0.25, -0.2) is 4.98 Å². The van der Waals surface area contributed by atoms with Gasteiger partial charge in [-0.05, 0) is 17.7 Å². The first-order valence-electron chi connectivity index (χ1n) is 8.13. The van der Waals surface area contributed by atoms with Crippen LogP contribution in [0.5, 0.6) is 5.75 Å². The van der Waals surface area contributed by atoms with E-state index in [1.165, 1.54) is 6.92 Å². The fourth-order valence-corrected chi connectivity index (χ4v) is 2.74. The van der Waals surface area contributed by atoms with Crippen molar-refractivity contribution < 1.29 is 18.7 Å². The van der Waals surface area contributed by atoms with Crippen LogP contribution in [0, 0.1) is 6.08 Å². The topological polar surface area (TPSA) is 91.2 Å². The van der Waals surface area contributed by atoms with Crippen molar-refractivity contribution in [3.63, 3.8) is 0 Å². The highest BCUT2D eigenvalue weighted by Gasteiger charge is 2.24. The molecule has 0 spiro atoms. The molecule has 1 fully saturated rings. The number of anilines is 1. The van der Waals surface area contributed by atoms with Crippen LogP contribution in [0.25, 0.3) is 11.2 Å². The minimum absolute atomic E-state index is 0.164. The summed E-state index contributed by atoms with van der Waals surface area (Å²) in [7, 11) is 0. The number of hydrogen-bond acceptors (Lipinski definition) is 7. The summed E-state index contributed by atoms with van der Waals surface area (Å²) in [5.41, 5.74) is 1.70. The van der Waals surface area contributed by atoms with Crippen LogP contribution in [0.15, 0.2) is 30.6 Å². The molecule has 3 heterocycles. The van der Waals surface area contributed by atoms with E-state index >= 15 is 0 Å². The van der Waals surface area contributed by atoms with Crippen molar-refractivity contribution in [2.45, 2.75) is 26.1 Å². The Morgan fingerprint density at radius 2 is 2.31 bits per heavy atom. The summed E-state index contributed by atoms with van der Waals surface area (Å²) < 4.78 is 26.1. The molecule has 1 aliphatic heterocycles. The smallest absolute Gasteiger partial charge is 0.312 e. The van der Waals surface area contributed by atoms with Gasteiger partial charge in [0.1, 0.15) is 12.0 Å². The molecule has 0 bridgehead atoms. The minimum Gasteiger partial charge on any atom is -0.427 e. The van der Waals surface area contributed by atoms with E-state index < -0.39 is 12.0 Å². The molecular formula is C17H16FN5O3. The Hall–Kier alpha value is -3.07. The molecule has 0 amide bonds. The second-order valence-corrected chi connectivity index (χ2v) is 5.87. The van der Waals surface area contributed by atoms with Crippen molar-refractivity contribution in [2.24, 2.45) is 0 Å². The van der Waals surface area contributed by atoms with E-state index in [9.17, 15) is 9.18 Å². The normalized spacial score (nSPS) is 16.3. The van der Waals surface area contributed by atoms with E-state index in [-0.39, 0.29) is 6.23 Å². The fraction of sp³-hybridized carbons (Fsp3) is 0.294. The van der Waals surface area contributed by atoms with Crippen molar-refractivity contribution >= 4 is 23.0 Å². The molecule has 9 heteroatoms. The number of hydrogen-bond donors (Lipinski definition) is 1. The maximum atomic E-state index is 13.9. The average Bonchev–Trinajstić information content (AvgIpc) is 2.94. The lowest BCUT2D eigenvalue weighted by Crippen LogP contribution is -2.24. The number of imidazole rings is 1. The molecule has 2 aromatic heterocycles. The highest BCUT2D eigenvalue weighted by molar-refractivity contribution is 5.82. The minimum atomic E-state index is -0.838. The molecule has 134 valence electrons. The van der Waals surface area contributed by atoms with Gasteiger partial charge >= 0.3 is 12.0 Å². The lowest BCUT2D eigenvalue weighted by molar-refractivity contribution is -0.131. The van der Waals surface area contributed by atoms with Crippen molar-refractivity contribution in [3.8, 4) is 5.75 Å². The number of benzene rings is 1. The van der Waals surface area contributed by atoms with Gasteiger partial charge in [-0.1, -0.05) is 12.1 Å². The number of esters is 1. The van der Waals surface area contributed by atoms with E-state index in [2.05, 4.69) is 20.3 Å². The number of rotatable bonds is 5. The molecular weight excluding hydrogens is 341 g/mol. The summed E-state index contributed by atoms with van der Waals surface area (Å²) in [5.74, 6) is 0.351. The molecule has 0 aliphatic carbocycles. The lowest BCUT2D eigenvalue weighted by atomic mass is 10.2. The van der Waals surface area contributed by atoms with Gasteiger partial charge < -0.3 is 14.8 Å². The van der Waals surface area contributed by atoms with Gasteiger partial charge in [0.2, 0.25) is 0 Å². The Balaban J connectivity index is 1.57. The van der Waals surface area contributed by atoms with Gasteiger partial charge in [0, 0.05) is 19.9 Å². The zero-order valence-electron chi connectivity index (χ0n) is 14.0. The number of fused-ring (bicyclic) bond motifs is 1. The molecule has 1 aliphatic rings. The number of aromatic nitrogens is 4. The highest BCUT2D eigenvalue weighted by Crippen LogP contribution is 2.28. The van der Waals surface area contributed by atoms with Gasteiger partial charge in [0.15, 0.2) is 17.0 Å². The summed E-state index contributed by atoms with van der Waals surface area (Å²) in [6.45, 7) is 2.36. The van der Waals surface area contributed by atoms with Crippen LogP contribution < -0.4 is 10.1 Å². The number of halogens is 1. The summed E-state index contributed by atoms with van der Waals surface area (Å²) in [6.07, 6.45) is 1.41. The molecule has 4 rings (SSSR count). The third-order valence-electron chi connectivity index (χ3n) is 4.00. The maximum absolute atomic E-state index is 13.9. The van der Waals surface area contributed by atoms with Gasteiger partial charge in [-0.2, -0.15) is 14.4 Å². The SMILES string of the molecule is CC(=O)Oc1cccc(CNc2nc(F)nc3c2ncn3C2CCO2)c1. The summed E-state index contributed by atoms with van der Waals surface area (Å²) >= 11 is 0. The molecule has 0 radical (unpaired) electrons. The van der Waals surface area contributed by atoms with Gasteiger partial charge in [0.25, 0.3) is 0 Å². The van der Waals surface area contributed by atoms with Crippen LogP contribution in [0.4, 0.5) is 10.2 Å². The largest absolute Gasteiger partial charge is 0.427 e. The van der Waals surface area contributed by atoms with Gasteiger partial charge in [-0.15, -0.1) is 0 Å². The summed E-state index contributed by atoms with van der Waals surface area (Å²) in [5, 5.41) is 3.07. The standard InChI is InChI=1S/C17H16FN5O3/c1-10(24)26-12-4-2-3-11(7-12)8-19-15-14-16(22-17(18)21-15)23(9-20-14)13-5-6-25-13/h2-4,7,9,13H,5-6,8H2,1H3,(H,19,21,22). The Labute approximate surface area is 148 Å². The summed E-state index contributed by atoms with van der Waals surface area (Å²) in [4.78, 5) is 23.0. The molecule has 3 aromatic rings. The van der Waals surface area contributed by atoms with Crippen molar-refractivity contribution in [2.75, 3.05) is 11.9 Å². The quantitative estimate of drug-likeness (QED) is 0.426. The van der Waals surface area contributed by atoms with E-state index in [0.717, 1.165) is 12.0 Å². The summed E-state index contributed by atoms with van der Waals surface area (Å²) in [6, 6.07) is 7.04. The van der Waals surface area contributed by atoms with Crippen LogP contribution in [-0.2, 0) is 16.1 Å². The van der Waals surface area contributed by atoms with Gasteiger partial charge in [-0.3, -0.25) is 9.36 Å². The van der Waals surface area contributed by atoms with Crippen molar-refractivity contribution in [1.29, 1.82) is 0 Å². The third-order valence-corrected chi connectivity index (χ3v) is 4.00. The molecule has 1 atom stereocenters. The Morgan fingerprint density at radius 1 is 1.46 bits per heavy atom. The second kappa shape index (κ2) is 6.68. The third kappa shape index (κ3) is 3.21. The molecule has 1 aromatic carbocycles. The van der Waals surface area contributed by atoms with Crippen LogP contribution in [0.2, 0.25) is 0 Å². The molecule has 1 unspecified atom stereocenters. The first-order valence-corrected chi connectivity index (χ1v) is 8.13. The van der Waals surface area contributed by atoms with Gasteiger partial charge in [0.05, 0.1) is 12.9 Å². The number of nitrogens with one attached hydrogen (secondary N) is 1. The second-order valence-electron chi connectivity index (χ2n) is 5.87. The number of nitrogens with zero attached hydrogens (tertiary/aromatic N) is 4. The van der Waals surface area contributed by atoms with Crippen molar-refractivity contribution in [3.05, 3.63) is 42.2 Å². The van der Waals surface area contributed by atoms with Crippen LogP contribution >= 0.6 is 0 Å². The van der Waals surface area contributed by atoms with E-state index in [0.29, 0.717) is 35.9 Å². The zero-order valence-corrected chi connectivity index (χ0v) is 14.0. The zero-order chi connectivity index (χ0) is 18.1. The monoisotopic (exact) mass is 357 g/mol. The molecule has 26 heavy (non-hydrogen) atoms. The Bertz CT molecular complexity index is 970. The maximum Gasteiger partial charge on any atom is 0.312 e. The van der Waals surface area contributed by atoms with Crippen LogP contribution in [-0.4, -0.2) is 32.1 Å². The van der Waals surface area contributed by atoms with Crippen LogP contribution in [0.1, 0.15) is 25.1 Å². The number of carbonyl (C=O) groups excluding carboxylic acids is 1. The molecule has 1 saturated heterocycles. The molecule has 1 N–H and O–H groups in total. The number of ether oxygens (including phenoxy) is 2. The van der Waals surface area contributed by atoms with Crippen molar-refractivity contribution in [1.82, 2.24) is 19.5 Å². The predicted octanol–water partition coefficient (Wildman–Crippen LogP) is 2.42. The highest BCUT2D eigenvalue weighted by atomic mass is 19.1.